The molecule has 0 bridgehead atoms. The van der Waals surface area contributed by atoms with Gasteiger partial charge in [0.25, 0.3) is 6.43 Å². The van der Waals surface area contributed by atoms with Crippen LogP contribution in [0.5, 0.6) is 0 Å². The molecule has 2 amide bonds. The van der Waals surface area contributed by atoms with E-state index < -0.39 is 19.1 Å². The number of benzene rings is 2. The molecule has 1 aromatic heterocycles. The summed E-state index contributed by atoms with van der Waals surface area (Å²) in [6, 6.07) is 11.1. The standard InChI is InChI=1S/C20H20F3N5O/c1-11(12-5-3-2-4-6-12)28-10-13-7-14-16(8-15(13)25-20(28)29)26-27-19(14)24-17(9-21)18(22)23/h2-8,11,17-18H,9-10H2,1H3,(H,25,29)(H2,24,26,27)/t11-,17?/m1/s1. The molecule has 29 heavy (non-hydrogen) atoms. The molecule has 6 nitrogen and oxygen atoms in total. The summed E-state index contributed by atoms with van der Waals surface area (Å²) in [4.78, 5) is 14.3. The summed E-state index contributed by atoms with van der Waals surface area (Å²) in [7, 11) is 0. The summed E-state index contributed by atoms with van der Waals surface area (Å²) >= 11 is 0. The predicted molar refractivity (Wildman–Crippen MR) is 105 cm³/mol. The van der Waals surface area contributed by atoms with Crippen LogP contribution in [0.1, 0.15) is 24.1 Å². The van der Waals surface area contributed by atoms with E-state index >= 15 is 0 Å². The minimum atomic E-state index is -2.86. The van der Waals surface area contributed by atoms with Crippen LogP contribution in [0.3, 0.4) is 0 Å². The number of amides is 2. The van der Waals surface area contributed by atoms with Crippen molar-refractivity contribution in [1.82, 2.24) is 15.1 Å². The van der Waals surface area contributed by atoms with Gasteiger partial charge in [-0.05, 0) is 30.2 Å². The Morgan fingerprint density at radius 3 is 2.69 bits per heavy atom. The molecule has 2 heterocycles. The van der Waals surface area contributed by atoms with E-state index in [9.17, 15) is 18.0 Å². The van der Waals surface area contributed by atoms with Crippen molar-refractivity contribution in [3.05, 3.63) is 53.6 Å². The van der Waals surface area contributed by atoms with Gasteiger partial charge in [-0.1, -0.05) is 30.3 Å². The van der Waals surface area contributed by atoms with Gasteiger partial charge in [-0.15, -0.1) is 0 Å². The largest absolute Gasteiger partial charge is 0.357 e. The predicted octanol–water partition coefficient (Wildman–Crippen LogP) is 4.69. The first-order valence-electron chi connectivity index (χ1n) is 9.22. The summed E-state index contributed by atoms with van der Waals surface area (Å²) in [6.45, 7) is 1.08. The summed E-state index contributed by atoms with van der Waals surface area (Å²) in [5.74, 6) is 0.158. The maximum atomic E-state index is 12.9. The summed E-state index contributed by atoms with van der Waals surface area (Å²) in [5.41, 5.74) is 3.01. The lowest BCUT2D eigenvalue weighted by Gasteiger charge is -2.34. The first-order chi connectivity index (χ1) is 14.0. The maximum Gasteiger partial charge on any atom is 0.322 e. The average Bonchev–Trinajstić information content (AvgIpc) is 3.11. The maximum absolute atomic E-state index is 12.9. The molecule has 0 saturated carbocycles. The highest BCUT2D eigenvalue weighted by Crippen LogP contribution is 2.34. The monoisotopic (exact) mass is 403 g/mol. The SMILES string of the molecule is C[C@H](c1ccccc1)N1Cc2cc3c(NC(CF)C(F)F)n[nH]c3cc2NC1=O. The van der Waals surface area contributed by atoms with Gasteiger partial charge >= 0.3 is 6.03 Å². The number of carbonyl (C=O) groups is 1. The van der Waals surface area contributed by atoms with Crippen molar-refractivity contribution in [2.45, 2.75) is 32.0 Å². The Bertz CT molecular complexity index is 1020. The molecular weight excluding hydrogens is 383 g/mol. The van der Waals surface area contributed by atoms with Crippen molar-refractivity contribution in [1.29, 1.82) is 0 Å². The van der Waals surface area contributed by atoms with Gasteiger partial charge in [0.15, 0.2) is 5.82 Å². The van der Waals surface area contributed by atoms with E-state index in [1.807, 2.05) is 37.3 Å². The fraction of sp³-hybridized carbons (Fsp3) is 0.300. The molecule has 1 unspecified atom stereocenters. The van der Waals surface area contributed by atoms with Crippen molar-refractivity contribution in [2.75, 3.05) is 17.3 Å². The van der Waals surface area contributed by atoms with Gasteiger partial charge in [0, 0.05) is 11.1 Å². The Morgan fingerprint density at radius 2 is 2.00 bits per heavy atom. The number of alkyl halides is 3. The molecule has 3 N–H and O–H groups in total. The number of H-pyrrole nitrogens is 1. The van der Waals surface area contributed by atoms with Gasteiger partial charge in [-0.25, -0.2) is 18.0 Å². The lowest BCUT2D eigenvalue weighted by Crippen LogP contribution is -2.40. The number of urea groups is 1. The van der Waals surface area contributed by atoms with Crippen molar-refractivity contribution >= 4 is 28.4 Å². The number of rotatable bonds is 6. The second-order valence-electron chi connectivity index (χ2n) is 7.01. The third kappa shape index (κ3) is 3.59. The third-order valence-corrected chi connectivity index (χ3v) is 5.17. The lowest BCUT2D eigenvalue weighted by molar-refractivity contribution is 0.112. The highest BCUT2D eigenvalue weighted by molar-refractivity contribution is 5.99. The van der Waals surface area contributed by atoms with Crippen LogP contribution in [-0.4, -0.2) is 40.3 Å². The first kappa shape index (κ1) is 19.1. The fourth-order valence-electron chi connectivity index (χ4n) is 3.48. The number of nitrogens with zero attached hydrogens (tertiary/aromatic N) is 2. The van der Waals surface area contributed by atoms with Crippen LogP contribution in [0.2, 0.25) is 0 Å². The van der Waals surface area contributed by atoms with E-state index in [-0.39, 0.29) is 17.9 Å². The second kappa shape index (κ2) is 7.65. The molecule has 0 radical (unpaired) electrons. The molecule has 4 rings (SSSR count). The Kier molecular flexibility index (Phi) is 5.04. The number of aromatic nitrogens is 2. The van der Waals surface area contributed by atoms with Gasteiger partial charge in [-0.3, -0.25) is 5.10 Å². The van der Waals surface area contributed by atoms with Gasteiger partial charge in [0.05, 0.1) is 18.1 Å². The minimum absolute atomic E-state index is 0.156. The van der Waals surface area contributed by atoms with Gasteiger partial charge in [0.2, 0.25) is 0 Å². The molecule has 2 aromatic carbocycles. The Hall–Kier alpha value is -3.23. The normalized spacial score (nSPS) is 15.9. The van der Waals surface area contributed by atoms with E-state index in [4.69, 9.17) is 0 Å². The van der Waals surface area contributed by atoms with E-state index in [0.717, 1.165) is 11.1 Å². The molecule has 3 aromatic rings. The summed E-state index contributed by atoms with van der Waals surface area (Å²) in [6.07, 6.45) is -2.86. The van der Waals surface area contributed by atoms with Crippen LogP contribution in [0.25, 0.3) is 10.9 Å². The Labute approximate surface area is 165 Å². The van der Waals surface area contributed by atoms with E-state index in [0.29, 0.717) is 23.1 Å². The minimum Gasteiger partial charge on any atom is -0.357 e. The molecule has 0 aliphatic carbocycles. The number of aromatic amines is 1. The zero-order valence-electron chi connectivity index (χ0n) is 15.6. The van der Waals surface area contributed by atoms with Crippen LogP contribution in [-0.2, 0) is 6.54 Å². The molecule has 0 saturated heterocycles. The zero-order chi connectivity index (χ0) is 20.5. The highest BCUT2D eigenvalue weighted by atomic mass is 19.3. The molecular formula is C20H20F3N5O. The Balaban J connectivity index is 1.65. The molecule has 1 aliphatic rings. The number of hydrogen-bond acceptors (Lipinski definition) is 3. The van der Waals surface area contributed by atoms with Gasteiger partial charge in [-0.2, -0.15) is 5.10 Å². The number of nitrogens with one attached hydrogen (secondary N) is 3. The van der Waals surface area contributed by atoms with E-state index in [1.165, 1.54) is 0 Å². The number of halogens is 3. The smallest absolute Gasteiger partial charge is 0.322 e. The summed E-state index contributed by atoms with van der Waals surface area (Å²) in [5, 5.41) is 12.6. The van der Waals surface area contributed by atoms with Gasteiger partial charge < -0.3 is 15.5 Å². The Morgan fingerprint density at radius 1 is 1.24 bits per heavy atom. The molecule has 1 aliphatic heterocycles. The number of anilines is 2. The lowest BCUT2D eigenvalue weighted by atomic mass is 10.0. The van der Waals surface area contributed by atoms with Crippen LogP contribution in [0, 0.1) is 0 Å². The third-order valence-electron chi connectivity index (χ3n) is 5.17. The summed E-state index contributed by atoms with van der Waals surface area (Å²) < 4.78 is 38.7. The average molecular weight is 403 g/mol. The number of hydrogen-bond donors (Lipinski definition) is 3. The van der Waals surface area contributed by atoms with Gasteiger partial charge in [0.1, 0.15) is 12.7 Å². The number of fused-ring (bicyclic) bond motifs is 2. The van der Waals surface area contributed by atoms with Crippen molar-refractivity contribution in [2.24, 2.45) is 0 Å². The van der Waals surface area contributed by atoms with E-state index in [1.54, 1.807) is 17.0 Å². The molecule has 0 fully saturated rings. The van der Waals surface area contributed by atoms with E-state index in [2.05, 4.69) is 20.8 Å². The number of carbonyl (C=O) groups excluding carboxylic acids is 1. The zero-order valence-corrected chi connectivity index (χ0v) is 15.6. The second-order valence-corrected chi connectivity index (χ2v) is 7.01. The van der Waals surface area contributed by atoms with Crippen LogP contribution >= 0.6 is 0 Å². The molecule has 2 atom stereocenters. The molecule has 9 heteroatoms. The van der Waals surface area contributed by atoms with Crippen molar-refractivity contribution in [3.63, 3.8) is 0 Å². The van der Waals surface area contributed by atoms with Crippen LogP contribution in [0.15, 0.2) is 42.5 Å². The molecule has 0 spiro atoms. The topological polar surface area (TPSA) is 73.1 Å². The van der Waals surface area contributed by atoms with Crippen molar-refractivity contribution < 1.29 is 18.0 Å². The highest BCUT2D eigenvalue weighted by Gasteiger charge is 2.29. The van der Waals surface area contributed by atoms with Crippen molar-refractivity contribution in [3.8, 4) is 0 Å². The first-order valence-corrected chi connectivity index (χ1v) is 9.22. The van der Waals surface area contributed by atoms with Crippen LogP contribution < -0.4 is 10.6 Å². The van der Waals surface area contributed by atoms with Crippen LogP contribution in [0.4, 0.5) is 29.5 Å². The molecule has 152 valence electrons. The fourth-order valence-corrected chi connectivity index (χ4v) is 3.48. The quantitative estimate of drug-likeness (QED) is 0.559.